The molecule has 0 N–H and O–H groups in total. The molecule has 0 radical (unpaired) electrons. The molecule has 2 nitrogen and oxygen atoms in total. The smallest absolute Gasteiger partial charge is 0.145 e. The van der Waals surface area contributed by atoms with Crippen LogP contribution >= 0.6 is 0 Å². The summed E-state index contributed by atoms with van der Waals surface area (Å²) in [5, 5.41) is 0. The number of nitrogens with zero attached hydrogens (tertiary/aromatic N) is 2. The van der Waals surface area contributed by atoms with Gasteiger partial charge >= 0.3 is 0 Å². The van der Waals surface area contributed by atoms with E-state index in [9.17, 15) is 0 Å². The summed E-state index contributed by atoms with van der Waals surface area (Å²) in [5.41, 5.74) is 7.70. The lowest BCUT2D eigenvalue weighted by atomic mass is 10.0. The highest BCUT2D eigenvalue weighted by atomic mass is 15.4. The van der Waals surface area contributed by atoms with Crippen molar-refractivity contribution in [2.45, 2.75) is 26.3 Å². The Balaban J connectivity index is 1.88. The van der Waals surface area contributed by atoms with Crippen LogP contribution < -0.4 is 4.48 Å². The van der Waals surface area contributed by atoms with Gasteiger partial charge in [-0.3, -0.25) is 4.48 Å². The molecule has 1 atom stereocenters. The summed E-state index contributed by atoms with van der Waals surface area (Å²) in [7, 11) is 2.25. The Labute approximate surface area is 145 Å². The first-order valence-corrected chi connectivity index (χ1v) is 9.17. The number of likely N-dealkylation sites (N-methyl/N-ethyl adjacent to an activating group) is 1. The number of quaternary nitrogens is 1. The van der Waals surface area contributed by atoms with Crippen LogP contribution in [0.4, 0.5) is 5.69 Å². The van der Waals surface area contributed by atoms with E-state index in [0.717, 1.165) is 17.6 Å². The van der Waals surface area contributed by atoms with Crippen LogP contribution in [0.1, 0.15) is 30.9 Å². The minimum absolute atomic E-state index is 1.04. The van der Waals surface area contributed by atoms with Crippen LogP contribution in [-0.2, 0) is 6.54 Å². The van der Waals surface area contributed by atoms with Gasteiger partial charge in [-0.15, -0.1) is 0 Å². The van der Waals surface area contributed by atoms with Gasteiger partial charge < -0.3 is 4.90 Å². The number of hydrogen-bond acceptors (Lipinski definition) is 1. The van der Waals surface area contributed by atoms with E-state index < -0.39 is 0 Å². The predicted octanol–water partition coefficient (Wildman–Crippen LogP) is 4.66. The third kappa shape index (κ3) is 2.42. The first kappa shape index (κ1) is 15.6. The van der Waals surface area contributed by atoms with E-state index in [2.05, 4.69) is 73.5 Å². The molecule has 124 valence electrons. The van der Waals surface area contributed by atoms with Gasteiger partial charge in [-0.25, -0.2) is 0 Å². The Morgan fingerprint density at radius 3 is 2.54 bits per heavy atom. The predicted molar refractivity (Wildman–Crippen MR) is 103 cm³/mol. The number of fused-ring (bicyclic) bond motifs is 2. The molecular formula is C22H27N2+. The van der Waals surface area contributed by atoms with Gasteiger partial charge in [-0.1, -0.05) is 49.4 Å². The van der Waals surface area contributed by atoms with Crippen LogP contribution in [0.5, 0.6) is 0 Å². The molecule has 0 spiro atoms. The van der Waals surface area contributed by atoms with Crippen LogP contribution in [0.3, 0.4) is 0 Å². The second-order valence-electron chi connectivity index (χ2n) is 7.27. The maximum atomic E-state index is 2.46. The van der Waals surface area contributed by atoms with Crippen molar-refractivity contribution in [1.82, 2.24) is 9.38 Å². The number of para-hydroxylation sites is 1. The summed E-state index contributed by atoms with van der Waals surface area (Å²) in [6.07, 6.45) is 2.39. The maximum absolute atomic E-state index is 2.46. The second-order valence-corrected chi connectivity index (χ2v) is 7.27. The van der Waals surface area contributed by atoms with Crippen molar-refractivity contribution in [2.75, 3.05) is 26.7 Å². The van der Waals surface area contributed by atoms with Crippen LogP contribution in [0.15, 0.2) is 60.3 Å². The standard InChI is InChI=1S/C22H27N2/c1-3-15-24(17-18-9-5-4-6-10-18)21-12-8-7-11-19(21)20-16-23(2)14-13-22(20)24/h4-12H,3,13-17H2,1-2H3/q+1. The van der Waals surface area contributed by atoms with Gasteiger partial charge in [0, 0.05) is 42.3 Å². The van der Waals surface area contributed by atoms with E-state index in [4.69, 9.17) is 0 Å². The Hall–Kier alpha value is -1.90. The van der Waals surface area contributed by atoms with Crippen molar-refractivity contribution >= 4 is 11.3 Å². The number of rotatable bonds is 4. The lowest BCUT2D eigenvalue weighted by Gasteiger charge is -2.38. The molecule has 4 rings (SSSR count). The largest absolute Gasteiger partial charge is 0.301 e. The molecule has 1 unspecified atom stereocenters. The zero-order valence-corrected chi connectivity index (χ0v) is 14.8. The monoisotopic (exact) mass is 319 g/mol. The lowest BCUT2D eigenvalue weighted by Crippen LogP contribution is -2.48. The van der Waals surface area contributed by atoms with Gasteiger partial charge in [0.1, 0.15) is 17.9 Å². The maximum Gasteiger partial charge on any atom is 0.145 e. The molecule has 2 aliphatic rings. The van der Waals surface area contributed by atoms with Gasteiger partial charge in [0.15, 0.2) is 0 Å². The zero-order chi connectivity index (χ0) is 16.6. The van der Waals surface area contributed by atoms with Crippen molar-refractivity contribution in [1.29, 1.82) is 0 Å². The van der Waals surface area contributed by atoms with E-state index in [0.29, 0.717) is 0 Å². The average Bonchev–Trinajstić information content (AvgIpc) is 2.86. The fraction of sp³-hybridized carbons (Fsp3) is 0.364. The van der Waals surface area contributed by atoms with E-state index >= 15 is 0 Å². The normalized spacial score (nSPS) is 23.2. The summed E-state index contributed by atoms with van der Waals surface area (Å²) >= 11 is 0. The first-order valence-electron chi connectivity index (χ1n) is 9.17. The molecule has 0 saturated heterocycles. The SMILES string of the molecule is CCC[N+]1(Cc2ccccc2)C2=C(CN(C)CC2)c2ccccc21. The molecule has 2 aromatic carbocycles. The summed E-state index contributed by atoms with van der Waals surface area (Å²) in [5.74, 6) is 0. The molecular weight excluding hydrogens is 292 g/mol. The van der Waals surface area contributed by atoms with Crippen molar-refractivity contribution < 1.29 is 0 Å². The van der Waals surface area contributed by atoms with Gasteiger partial charge in [0.05, 0.1) is 6.54 Å². The fourth-order valence-electron chi connectivity index (χ4n) is 4.64. The Morgan fingerprint density at radius 2 is 1.75 bits per heavy atom. The van der Waals surface area contributed by atoms with Crippen molar-refractivity contribution in [3.8, 4) is 0 Å². The molecule has 2 aromatic rings. The topological polar surface area (TPSA) is 3.24 Å². The highest BCUT2D eigenvalue weighted by Crippen LogP contribution is 2.49. The summed E-state index contributed by atoms with van der Waals surface area (Å²) < 4.78 is 1.04. The molecule has 2 heteroatoms. The Bertz CT molecular complexity index is 763. The van der Waals surface area contributed by atoms with Crippen molar-refractivity contribution in [3.63, 3.8) is 0 Å². The molecule has 0 amide bonds. The summed E-state index contributed by atoms with van der Waals surface area (Å²) in [6.45, 7) is 6.85. The van der Waals surface area contributed by atoms with E-state index in [1.54, 1.807) is 11.3 Å². The minimum atomic E-state index is 1.04. The van der Waals surface area contributed by atoms with E-state index in [-0.39, 0.29) is 0 Å². The van der Waals surface area contributed by atoms with Crippen LogP contribution in [0, 0.1) is 0 Å². The van der Waals surface area contributed by atoms with Gasteiger partial charge in [0.25, 0.3) is 0 Å². The lowest BCUT2D eigenvalue weighted by molar-refractivity contribution is 0.291. The molecule has 0 fully saturated rings. The molecule has 0 bridgehead atoms. The van der Waals surface area contributed by atoms with Gasteiger partial charge in [-0.2, -0.15) is 0 Å². The molecule has 0 aromatic heterocycles. The minimum Gasteiger partial charge on any atom is -0.301 e. The molecule has 24 heavy (non-hydrogen) atoms. The fourth-order valence-corrected chi connectivity index (χ4v) is 4.64. The molecule has 2 heterocycles. The highest BCUT2D eigenvalue weighted by Gasteiger charge is 2.46. The quantitative estimate of drug-likeness (QED) is 0.741. The van der Waals surface area contributed by atoms with E-state index in [1.807, 2.05) is 0 Å². The van der Waals surface area contributed by atoms with Gasteiger partial charge in [0.2, 0.25) is 0 Å². The van der Waals surface area contributed by atoms with Crippen molar-refractivity contribution in [3.05, 3.63) is 71.4 Å². The van der Waals surface area contributed by atoms with Crippen LogP contribution in [0.25, 0.3) is 5.57 Å². The molecule has 2 aliphatic heterocycles. The second kappa shape index (κ2) is 6.19. The summed E-state index contributed by atoms with van der Waals surface area (Å²) in [6, 6.07) is 20.1. The average molecular weight is 319 g/mol. The molecule has 0 aliphatic carbocycles. The highest BCUT2D eigenvalue weighted by molar-refractivity contribution is 5.86. The number of benzene rings is 2. The third-order valence-electron chi connectivity index (χ3n) is 5.61. The first-order chi connectivity index (χ1) is 11.7. The van der Waals surface area contributed by atoms with Crippen molar-refractivity contribution in [2.24, 2.45) is 0 Å². The van der Waals surface area contributed by atoms with Crippen LogP contribution in [-0.4, -0.2) is 31.6 Å². The van der Waals surface area contributed by atoms with Crippen LogP contribution in [0.2, 0.25) is 0 Å². The summed E-state index contributed by atoms with van der Waals surface area (Å²) in [4.78, 5) is 2.46. The Kier molecular flexibility index (Phi) is 4.03. The molecule has 0 saturated carbocycles. The zero-order valence-electron chi connectivity index (χ0n) is 14.8. The number of hydrogen-bond donors (Lipinski definition) is 0. The third-order valence-corrected chi connectivity index (χ3v) is 5.61. The Morgan fingerprint density at radius 1 is 1.00 bits per heavy atom. The van der Waals surface area contributed by atoms with Gasteiger partial charge in [-0.05, 0) is 19.5 Å². The van der Waals surface area contributed by atoms with E-state index in [1.165, 1.54) is 42.7 Å².